The summed E-state index contributed by atoms with van der Waals surface area (Å²) in [4.78, 5) is 8.34. The summed E-state index contributed by atoms with van der Waals surface area (Å²) in [6, 6.07) is 0.789. The maximum atomic E-state index is 4.54. The molecule has 0 radical (unpaired) electrons. The van der Waals surface area contributed by atoms with Crippen molar-refractivity contribution >= 4 is 16.5 Å². The van der Waals surface area contributed by atoms with Crippen LogP contribution in [0, 0.1) is 5.92 Å². The van der Waals surface area contributed by atoms with Crippen LogP contribution < -0.4 is 10.2 Å². The third-order valence-electron chi connectivity index (χ3n) is 3.38. The van der Waals surface area contributed by atoms with E-state index in [0.29, 0.717) is 0 Å². The highest BCUT2D eigenvalue weighted by molar-refractivity contribution is 7.15. The summed E-state index contributed by atoms with van der Waals surface area (Å²) < 4.78 is 0. The lowest BCUT2D eigenvalue weighted by Crippen LogP contribution is -2.18. The lowest BCUT2D eigenvalue weighted by Gasteiger charge is -2.13. The first-order valence-electron chi connectivity index (χ1n) is 6.24. The Bertz CT molecular complexity index is 359. The van der Waals surface area contributed by atoms with Crippen molar-refractivity contribution in [3.8, 4) is 0 Å². The second-order valence-electron chi connectivity index (χ2n) is 5.10. The quantitative estimate of drug-likeness (QED) is 0.870. The fraction of sp³-hybridized carbons (Fsp3) is 0.750. The second-order valence-corrected chi connectivity index (χ2v) is 6.20. The summed E-state index contributed by atoms with van der Waals surface area (Å²) in [6.07, 6.45) is 6.07. The van der Waals surface area contributed by atoms with Crippen LogP contribution in [0.25, 0.3) is 0 Å². The van der Waals surface area contributed by atoms with Crippen molar-refractivity contribution in [3.05, 3.63) is 11.1 Å². The molecule has 88 valence electrons. The van der Waals surface area contributed by atoms with E-state index in [2.05, 4.69) is 22.1 Å². The Kier molecular flexibility index (Phi) is 2.86. The van der Waals surface area contributed by atoms with Crippen molar-refractivity contribution in [1.82, 2.24) is 10.3 Å². The number of hydrogen-bond donors (Lipinski definition) is 1. The van der Waals surface area contributed by atoms with E-state index in [9.17, 15) is 0 Å². The van der Waals surface area contributed by atoms with Gasteiger partial charge in [-0.05, 0) is 25.2 Å². The molecule has 1 aliphatic carbocycles. The van der Waals surface area contributed by atoms with E-state index in [1.807, 2.05) is 17.5 Å². The van der Waals surface area contributed by atoms with Gasteiger partial charge in [0.1, 0.15) is 0 Å². The van der Waals surface area contributed by atoms with Crippen molar-refractivity contribution < 1.29 is 0 Å². The molecule has 2 aliphatic rings. The molecule has 0 amide bonds. The molecular formula is C12H19N3S. The summed E-state index contributed by atoms with van der Waals surface area (Å²) >= 11 is 1.85. The Labute approximate surface area is 101 Å². The number of nitrogens with zero attached hydrogens (tertiary/aromatic N) is 2. The van der Waals surface area contributed by atoms with Gasteiger partial charge in [-0.25, -0.2) is 4.98 Å². The molecule has 1 unspecified atom stereocenters. The van der Waals surface area contributed by atoms with Crippen molar-refractivity contribution in [3.63, 3.8) is 0 Å². The van der Waals surface area contributed by atoms with Gasteiger partial charge >= 0.3 is 0 Å². The van der Waals surface area contributed by atoms with Crippen LogP contribution in [0.5, 0.6) is 0 Å². The summed E-state index contributed by atoms with van der Waals surface area (Å²) in [7, 11) is 0. The number of anilines is 1. The Balaban J connectivity index is 1.58. The highest BCUT2D eigenvalue weighted by atomic mass is 32.1. The number of thiazole rings is 1. The number of hydrogen-bond acceptors (Lipinski definition) is 4. The third kappa shape index (κ3) is 2.38. The fourth-order valence-corrected chi connectivity index (χ4v) is 3.06. The molecule has 1 aromatic rings. The minimum Gasteiger partial charge on any atom is -0.348 e. The average Bonchev–Trinajstić information content (AvgIpc) is 2.81. The number of rotatable bonds is 4. The van der Waals surface area contributed by atoms with E-state index in [4.69, 9.17) is 0 Å². The molecule has 1 saturated heterocycles. The molecule has 3 rings (SSSR count). The van der Waals surface area contributed by atoms with Gasteiger partial charge in [-0.3, -0.25) is 0 Å². The minimum atomic E-state index is 0.789. The topological polar surface area (TPSA) is 28.2 Å². The van der Waals surface area contributed by atoms with E-state index in [1.165, 1.54) is 42.4 Å². The lowest BCUT2D eigenvalue weighted by molar-refractivity contribution is 0.659. The van der Waals surface area contributed by atoms with Crippen molar-refractivity contribution in [1.29, 1.82) is 0 Å². The molecule has 1 atom stereocenters. The Morgan fingerprint density at radius 2 is 2.38 bits per heavy atom. The predicted molar refractivity (Wildman–Crippen MR) is 68.0 cm³/mol. The predicted octanol–water partition coefficient (Wildman–Crippen LogP) is 2.24. The van der Waals surface area contributed by atoms with Crippen LogP contribution in [0.2, 0.25) is 0 Å². The normalized spacial score (nSPS) is 25.3. The van der Waals surface area contributed by atoms with Crippen molar-refractivity contribution in [2.75, 3.05) is 18.0 Å². The molecule has 2 heterocycles. The molecule has 2 fully saturated rings. The van der Waals surface area contributed by atoms with E-state index >= 15 is 0 Å². The highest BCUT2D eigenvalue weighted by Crippen LogP contribution is 2.28. The van der Waals surface area contributed by atoms with Gasteiger partial charge in [-0.2, -0.15) is 0 Å². The first-order chi connectivity index (χ1) is 7.81. The molecule has 0 bridgehead atoms. The lowest BCUT2D eigenvalue weighted by atomic mass is 10.2. The van der Waals surface area contributed by atoms with Gasteiger partial charge in [-0.1, -0.05) is 6.92 Å². The summed E-state index contributed by atoms with van der Waals surface area (Å²) in [5.41, 5.74) is 0. The van der Waals surface area contributed by atoms with Gasteiger partial charge in [0.2, 0.25) is 0 Å². The zero-order chi connectivity index (χ0) is 11.0. The summed E-state index contributed by atoms with van der Waals surface area (Å²) in [5, 5.41) is 4.76. The fourth-order valence-electron chi connectivity index (χ4n) is 2.17. The van der Waals surface area contributed by atoms with Gasteiger partial charge in [0, 0.05) is 36.8 Å². The maximum absolute atomic E-state index is 4.54. The summed E-state index contributed by atoms with van der Waals surface area (Å²) in [5.74, 6) is 0.830. The maximum Gasteiger partial charge on any atom is 0.185 e. The van der Waals surface area contributed by atoms with Crippen LogP contribution >= 0.6 is 11.3 Å². The molecule has 16 heavy (non-hydrogen) atoms. The smallest absolute Gasteiger partial charge is 0.185 e. The minimum absolute atomic E-state index is 0.789. The van der Waals surface area contributed by atoms with Gasteiger partial charge < -0.3 is 10.2 Å². The van der Waals surface area contributed by atoms with Gasteiger partial charge in [0.25, 0.3) is 0 Å². The number of nitrogens with one attached hydrogen (secondary N) is 1. The largest absolute Gasteiger partial charge is 0.348 e. The van der Waals surface area contributed by atoms with Crippen LogP contribution in [0.15, 0.2) is 6.20 Å². The van der Waals surface area contributed by atoms with Crippen molar-refractivity contribution in [2.45, 2.75) is 38.8 Å². The zero-order valence-corrected chi connectivity index (χ0v) is 10.6. The second kappa shape index (κ2) is 4.34. The van der Waals surface area contributed by atoms with E-state index in [1.54, 1.807) is 0 Å². The monoisotopic (exact) mass is 237 g/mol. The Morgan fingerprint density at radius 1 is 1.50 bits per heavy atom. The summed E-state index contributed by atoms with van der Waals surface area (Å²) in [6.45, 7) is 5.70. The molecule has 0 aromatic carbocycles. The molecule has 3 nitrogen and oxygen atoms in total. The molecule has 1 N–H and O–H groups in total. The molecule has 1 aromatic heterocycles. The van der Waals surface area contributed by atoms with E-state index in [-0.39, 0.29) is 0 Å². The van der Waals surface area contributed by atoms with Gasteiger partial charge in [0.05, 0.1) is 0 Å². The van der Waals surface area contributed by atoms with Crippen LogP contribution in [0.3, 0.4) is 0 Å². The molecule has 1 aliphatic heterocycles. The average molecular weight is 237 g/mol. The van der Waals surface area contributed by atoms with E-state index in [0.717, 1.165) is 18.5 Å². The van der Waals surface area contributed by atoms with Crippen LogP contribution in [-0.4, -0.2) is 24.1 Å². The van der Waals surface area contributed by atoms with Crippen LogP contribution in [-0.2, 0) is 6.54 Å². The molecule has 1 saturated carbocycles. The standard InChI is InChI=1S/C12H19N3S/c1-9-4-5-15(8-9)12-14-7-11(16-12)6-13-10-2-3-10/h7,9-10,13H,2-6,8H2,1H3. The first kappa shape index (κ1) is 10.5. The molecule has 4 heteroatoms. The molecular weight excluding hydrogens is 218 g/mol. The van der Waals surface area contributed by atoms with E-state index < -0.39 is 0 Å². The first-order valence-corrected chi connectivity index (χ1v) is 7.06. The third-order valence-corrected chi connectivity index (χ3v) is 4.44. The Hall–Kier alpha value is -0.610. The van der Waals surface area contributed by atoms with Crippen molar-refractivity contribution in [2.24, 2.45) is 5.92 Å². The Morgan fingerprint density at radius 3 is 3.06 bits per heavy atom. The SMILES string of the molecule is CC1CCN(c2ncc(CNC3CC3)s2)C1. The van der Waals surface area contributed by atoms with Gasteiger partial charge in [0.15, 0.2) is 5.13 Å². The highest BCUT2D eigenvalue weighted by Gasteiger charge is 2.22. The number of aromatic nitrogens is 1. The molecule has 0 spiro atoms. The van der Waals surface area contributed by atoms with Crippen LogP contribution in [0.1, 0.15) is 31.1 Å². The van der Waals surface area contributed by atoms with Gasteiger partial charge in [-0.15, -0.1) is 11.3 Å². The van der Waals surface area contributed by atoms with Crippen LogP contribution in [0.4, 0.5) is 5.13 Å². The zero-order valence-electron chi connectivity index (χ0n) is 9.78.